The summed E-state index contributed by atoms with van der Waals surface area (Å²) in [7, 11) is 3.67. The monoisotopic (exact) mass is 223 g/mol. The zero-order chi connectivity index (χ0) is 12.0. The van der Waals surface area contributed by atoms with E-state index in [0.717, 1.165) is 12.1 Å². The summed E-state index contributed by atoms with van der Waals surface area (Å²) in [6.07, 6.45) is 1.85. The predicted octanol–water partition coefficient (Wildman–Crippen LogP) is 2.63. The van der Waals surface area contributed by atoms with Crippen molar-refractivity contribution in [1.82, 2.24) is 4.90 Å². The van der Waals surface area contributed by atoms with Crippen LogP contribution in [-0.4, -0.2) is 32.2 Å². The molecular weight excluding hydrogens is 205 g/mol. The van der Waals surface area contributed by atoms with Crippen molar-refractivity contribution in [3.8, 4) is 0 Å². The average Bonchev–Trinajstić information content (AvgIpc) is 2.30. The van der Waals surface area contributed by atoms with E-state index < -0.39 is 0 Å². The van der Waals surface area contributed by atoms with Crippen LogP contribution in [0.25, 0.3) is 0 Å². The van der Waals surface area contributed by atoms with Crippen molar-refractivity contribution in [2.75, 3.05) is 27.3 Å². The van der Waals surface area contributed by atoms with Crippen LogP contribution in [0.1, 0.15) is 11.6 Å². The molecule has 0 saturated heterocycles. The minimum absolute atomic E-state index is 0.0933. The maximum atomic E-state index is 12.8. The molecule has 0 aromatic heterocycles. The van der Waals surface area contributed by atoms with Gasteiger partial charge in [0.2, 0.25) is 0 Å². The number of likely N-dealkylation sites (N-methyl/N-ethyl adjacent to an activating group) is 1. The molecule has 1 rings (SSSR count). The quantitative estimate of drug-likeness (QED) is 0.687. The van der Waals surface area contributed by atoms with Gasteiger partial charge in [0.1, 0.15) is 5.82 Å². The van der Waals surface area contributed by atoms with Crippen LogP contribution in [0.15, 0.2) is 36.9 Å². The molecule has 0 radical (unpaired) electrons. The fourth-order valence-electron chi connectivity index (χ4n) is 1.60. The Bertz CT molecular complexity index is 323. The highest BCUT2D eigenvalue weighted by Gasteiger charge is 2.12. The molecule has 1 aromatic carbocycles. The summed E-state index contributed by atoms with van der Waals surface area (Å²) in [5.74, 6) is -0.217. The van der Waals surface area contributed by atoms with Crippen molar-refractivity contribution in [1.29, 1.82) is 0 Å². The number of rotatable bonds is 6. The van der Waals surface area contributed by atoms with Crippen LogP contribution < -0.4 is 0 Å². The van der Waals surface area contributed by atoms with Crippen molar-refractivity contribution in [2.24, 2.45) is 0 Å². The topological polar surface area (TPSA) is 12.5 Å². The third-order valence-electron chi connectivity index (χ3n) is 2.56. The van der Waals surface area contributed by atoms with Gasteiger partial charge in [-0.15, -0.1) is 6.58 Å². The number of benzene rings is 1. The van der Waals surface area contributed by atoms with Gasteiger partial charge in [0.15, 0.2) is 0 Å². The van der Waals surface area contributed by atoms with Gasteiger partial charge in [-0.3, -0.25) is 4.90 Å². The maximum absolute atomic E-state index is 12.8. The molecule has 2 nitrogen and oxygen atoms in total. The summed E-state index contributed by atoms with van der Waals surface area (Å²) in [6.45, 7) is 5.29. The zero-order valence-electron chi connectivity index (χ0n) is 9.82. The van der Waals surface area contributed by atoms with E-state index in [1.165, 1.54) is 12.1 Å². The Hall–Kier alpha value is -1.19. The van der Waals surface area contributed by atoms with Crippen LogP contribution in [0.5, 0.6) is 0 Å². The smallest absolute Gasteiger partial charge is 0.123 e. The first-order valence-electron chi connectivity index (χ1n) is 5.26. The van der Waals surface area contributed by atoms with E-state index in [2.05, 4.69) is 11.5 Å². The predicted molar refractivity (Wildman–Crippen MR) is 63.8 cm³/mol. The molecule has 16 heavy (non-hydrogen) atoms. The van der Waals surface area contributed by atoms with Crippen LogP contribution in [0.2, 0.25) is 0 Å². The van der Waals surface area contributed by atoms with Crippen molar-refractivity contribution in [3.05, 3.63) is 48.3 Å². The lowest BCUT2D eigenvalue weighted by Crippen LogP contribution is -2.26. The lowest BCUT2D eigenvalue weighted by Gasteiger charge is -2.25. The van der Waals surface area contributed by atoms with Gasteiger partial charge in [-0.05, 0) is 24.7 Å². The molecule has 3 heteroatoms. The molecule has 0 heterocycles. The fraction of sp³-hybridized carbons (Fsp3) is 0.385. The Morgan fingerprint density at radius 3 is 2.56 bits per heavy atom. The second-order valence-corrected chi connectivity index (χ2v) is 3.71. The largest absolute Gasteiger partial charge is 0.383 e. The molecule has 0 unspecified atom stereocenters. The van der Waals surface area contributed by atoms with Crippen molar-refractivity contribution >= 4 is 0 Å². The molecule has 0 N–H and O–H groups in total. The van der Waals surface area contributed by atoms with E-state index in [1.807, 2.05) is 13.1 Å². The summed E-state index contributed by atoms with van der Waals surface area (Å²) in [6, 6.07) is 6.60. The number of ether oxygens (including phenoxy) is 1. The Kier molecular flexibility index (Phi) is 5.15. The van der Waals surface area contributed by atoms with E-state index in [1.54, 1.807) is 19.2 Å². The molecule has 0 bridgehead atoms. The molecule has 0 aliphatic heterocycles. The highest BCUT2D eigenvalue weighted by atomic mass is 19.1. The standard InChI is InChI=1S/C13H18FNO/c1-4-13(15(2)9-10-16-3)11-5-7-12(14)8-6-11/h4-8,13H,1,9-10H2,2-3H3/t13-/m1/s1. The molecule has 0 aliphatic rings. The number of methoxy groups -OCH3 is 1. The van der Waals surface area contributed by atoms with E-state index in [0.29, 0.717) is 6.61 Å². The minimum Gasteiger partial charge on any atom is -0.383 e. The lowest BCUT2D eigenvalue weighted by atomic mass is 10.1. The van der Waals surface area contributed by atoms with Gasteiger partial charge in [0.05, 0.1) is 12.6 Å². The van der Waals surface area contributed by atoms with Gasteiger partial charge in [0, 0.05) is 13.7 Å². The van der Waals surface area contributed by atoms with Gasteiger partial charge in [-0.2, -0.15) is 0 Å². The Morgan fingerprint density at radius 1 is 1.44 bits per heavy atom. The maximum Gasteiger partial charge on any atom is 0.123 e. The third-order valence-corrected chi connectivity index (χ3v) is 2.56. The van der Waals surface area contributed by atoms with Crippen molar-refractivity contribution in [2.45, 2.75) is 6.04 Å². The van der Waals surface area contributed by atoms with E-state index in [4.69, 9.17) is 4.74 Å². The molecule has 1 atom stereocenters. The summed E-state index contributed by atoms with van der Waals surface area (Å²) >= 11 is 0. The summed E-state index contributed by atoms with van der Waals surface area (Å²) in [5.41, 5.74) is 1.04. The van der Waals surface area contributed by atoms with Crippen LogP contribution in [-0.2, 0) is 4.74 Å². The van der Waals surface area contributed by atoms with Gasteiger partial charge >= 0.3 is 0 Å². The first-order chi connectivity index (χ1) is 7.69. The SMILES string of the molecule is C=C[C@H](c1ccc(F)cc1)N(C)CCOC. The summed E-state index contributed by atoms with van der Waals surface area (Å²) < 4.78 is 17.8. The van der Waals surface area contributed by atoms with Crippen LogP contribution >= 0.6 is 0 Å². The third kappa shape index (κ3) is 3.43. The molecule has 0 amide bonds. The molecule has 0 saturated carbocycles. The van der Waals surface area contributed by atoms with Crippen LogP contribution in [0.4, 0.5) is 4.39 Å². The van der Waals surface area contributed by atoms with Gasteiger partial charge in [-0.1, -0.05) is 18.2 Å². The molecule has 0 fully saturated rings. The highest BCUT2D eigenvalue weighted by molar-refractivity contribution is 5.23. The summed E-state index contributed by atoms with van der Waals surface area (Å²) in [5, 5.41) is 0. The van der Waals surface area contributed by atoms with Crippen LogP contribution in [0, 0.1) is 5.82 Å². The van der Waals surface area contributed by atoms with Gasteiger partial charge < -0.3 is 4.74 Å². The molecule has 1 aromatic rings. The second kappa shape index (κ2) is 6.40. The Morgan fingerprint density at radius 2 is 2.06 bits per heavy atom. The summed E-state index contributed by atoms with van der Waals surface area (Å²) in [4.78, 5) is 2.11. The molecule has 0 aliphatic carbocycles. The number of hydrogen-bond acceptors (Lipinski definition) is 2. The highest BCUT2D eigenvalue weighted by Crippen LogP contribution is 2.20. The van der Waals surface area contributed by atoms with Crippen molar-refractivity contribution in [3.63, 3.8) is 0 Å². The van der Waals surface area contributed by atoms with Gasteiger partial charge in [0.25, 0.3) is 0 Å². The first kappa shape index (κ1) is 12.9. The normalized spacial score (nSPS) is 12.8. The molecular formula is C13H18FNO. The van der Waals surface area contributed by atoms with E-state index in [-0.39, 0.29) is 11.9 Å². The van der Waals surface area contributed by atoms with Crippen molar-refractivity contribution < 1.29 is 9.13 Å². The number of halogens is 1. The second-order valence-electron chi connectivity index (χ2n) is 3.71. The van der Waals surface area contributed by atoms with Crippen LogP contribution in [0.3, 0.4) is 0 Å². The van der Waals surface area contributed by atoms with E-state index in [9.17, 15) is 4.39 Å². The first-order valence-corrected chi connectivity index (χ1v) is 5.26. The Balaban J connectivity index is 2.73. The fourth-order valence-corrected chi connectivity index (χ4v) is 1.60. The van der Waals surface area contributed by atoms with E-state index >= 15 is 0 Å². The zero-order valence-corrected chi connectivity index (χ0v) is 9.82. The minimum atomic E-state index is -0.217. The Labute approximate surface area is 96.3 Å². The number of nitrogens with zero attached hydrogens (tertiary/aromatic N) is 1. The molecule has 88 valence electrons. The average molecular weight is 223 g/mol. The van der Waals surface area contributed by atoms with Gasteiger partial charge in [-0.25, -0.2) is 4.39 Å². The number of hydrogen-bond donors (Lipinski definition) is 0. The lowest BCUT2D eigenvalue weighted by molar-refractivity contribution is 0.149. The molecule has 0 spiro atoms.